The van der Waals surface area contributed by atoms with Crippen molar-refractivity contribution in [2.24, 2.45) is 0 Å². The highest BCUT2D eigenvalue weighted by atomic mass is 16.5. The highest BCUT2D eigenvalue weighted by Gasteiger charge is 2.14. The van der Waals surface area contributed by atoms with Gasteiger partial charge in [-0.1, -0.05) is 24.3 Å². The van der Waals surface area contributed by atoms with E-state index in [2.05, 4.69) is 5.32 Å². The fraction of sp³-hybridized carbons (Fsp3) is 0.143. The summed E-state index contributed by atoms with van der Waals surface area (Å²) >= 11 is 0. The van der Waals surface area contributed by atoms with E-state index >= 15 is 0 Å². The number of furan rings is 1. The minimum atomic E-state index is -0.491. The lowest BCUT2D eigenvalue weighted by atomic mass is 10.1. The van der Waals surface area contributed by atoms with Gasteiger partial charge in [-0.2, -0.15) is 0 Å². The third kappa shape index (κ3) is 4.36. The summed E-state index contributed by atoms with van der Waals surface area (Å²) < 4.78 is 15.7. The first-order valence-corrected chi connectivity index (χ1v) is 8.33. The molecule has 0 aliphatic rings. The van der Waals surface area contributed by atoms with E-state index < -0.39 is 5.97 Å². The molecule has 3 aromatic rings. The molecule has 0 saturated carbocycles. The zero-order valence-corrected chi connectivity index (χ0v) is 15.0. The molecule has 6 nitrogen and oxygen atoms in total. The van der Waals surface area contributed by atoms with Crippen LogP contribution in [0.1, 0.15) is 32.0 Å². The zero-order valence-electron chi connectivity index (χ0n) is 15.0. The SMILES string of the molecule is COc1ccccc1COC(=O)c1ccc(C)c(NC(=O)c2ccco2)c1. The number of benzene rings is 2. The molecule has 0 fully saturated rings. The van der Waals surface area contributed by atoms with Gasteiger partial charge in [-0.05, 0) is 42.8 Å². The molecule has 0 spiro atoms. The predicted octanol–water partition coefficient (Wildman–Crippen LogP) is 4.21. The van der Waals surface area contributed by atoms with Crippen molar-refractivity contribution < 1.29 is 23.5 Å². The van der Waals surface area contributed by atoms with Gasteiger partial charge in [-0.15, -0.1) is 0 Å². The first-order chi connectivity index (χ1) is 13.1. The topological polar surface area (TPSA) is 77.8 Å². The first-order valence-electron chi connectivity index (χ1n) is 8.33. The third-order valence-electron chi connectivity index (χ3n) is 4.02. The Hall–Kier alpha value is -3.54. The molecule has 1 aromatic heterocycles. The highest BCUT2D eigenvalue weighted by Crippen LogP contribution is 2.21. The lowest BCUT2D eigenvalue weighted by Crippen LogP contribution is -2.13. The number of amides is 1. The van der Waals surface area contributed by atoms with E-state index in [0.717, 1.165) is 11.1 Å². The van der Waals surface area contributed by atoms with E-state index in [1.807, 2.05) is 25.1 Å². The molecule has 2 aromatic carbocycles. The van der Waals surface area contributed by atoms with Gasteiger partial charge in [0.15, 0.2) is 5.76 Å². The Labute approximate surface area is 156 Å². The monoisotopic (exact) mass is 365 g/mol. The number of anilines is 1. The smallest absolute Gasteiger partial charge is 0.338 e. The van der Waals surface area contributed by atoms with Crippen LogP contribution in [0.3, 0.4) is 0 Å². The van der Waals surface area contributed by atoms with Crippen LogP contribution >= 0.6 is 0 Å². The number of aryl methyl sites for hydroxylation is 1. The Morgan fingerprint density at radius 1 is 1.07 bits per heavy atom. The van der Waals surface area contributed by atoms with Crippen molar-refractivity contribution in [2.45, 2.75) is 13.5 Å². The van der Waals surface area contributed by atoms with Crippen molar-refractivity contribution >= 4 is 17.6 Å². The number of methoxy groups -OCH3 is 1. The average molecular weight is 365 g/mol. The maximum absolute atomic E-state index is 12.4. The van der Waals surface area contributed by atoms with Crippen LogP contribution < -0.4 is 10.1 Å². The predicted molar refractivity (Wildman–Crippen MR) is 100.0 cm³/mol. The zero-order chi connectivity index (χ0) is 19.2. The highest BCUT2D eigenvalue weighted by molar-refractivity contribution is 6.03. The van der Waals surface area contributed by atoms with E-state index in [1.54, 1.807) is 43.5 Å². The Bertz CT molecular complexity index is 947. The maximum Gasteiger partial charge on any atom is 0.338 e. The van der Waals surface area contributed by atoms with Crippen molar-refractivity contribution in [1.29, 1.82) is 0 Å². The number of carbonyl (C=O) groups is 2. The van der Waals surface area contributed by atoms with Crippen LogP contribution in [0, 0.1) is 6.92 Å². The number of esters is 1. The van der Waals surface area contributed by atoms with E-state index in [0.29, 0.717) is 17.0 Å². The molecule has 0 bridgehead atoms. The van der Waals surface area contributed by atoms with Crippen LogP contribution in [0.5, 0.6) is 5.75 Å². The second kappa shape index (κ2) is 8.23. The number of nitrogens with one attached hydrogen (secondary N) is 1. The van der Waals surface area contributed by atoms with Crippen LogP contribution in [-0.4, -0.2) is 19.0 Å². The van der Waals surface area contributed by atoms with Gasteiger partial charge < -0.3 is 19.2 Å². The molecule has 1 N–H and O–H groups in total. The lowest BCUT2D eigenvalue weighted by molar-refractivity contribution is 0.0470. The van der Waals surface area contributed by atoms with E-state index in [-0.39, 0.29) is 18.3 Å². The lowest BCUT2D eigenvalue weighted by Gasteiger charge is -2.11. The number of para-hydroxylation sites is 1. The molecule has 138 valence electrons. The van der Waals surface area contributed by atoms with Gasteiger partial charge in [-0.3, -0.25) is 4.79 Å². The second-order valence-electron chi connectivity index (χ2n) is 5.85. The van der Waals surface area contributed by atoms with Gasteiger partial charge in [0.2, 0.25) is 0 Å². The number of hydrogen-bond donors (Lipinski definition) is 1. The third-order valence-corrected chi connectivity index (χ3v) is 4.02. The summed E-state index contributed by atoms with van der Waals surface area (Å²) in [6.45, 7) is 1.92. The minimum Gasteiger partial charge on any atom is -0.496 e. The van der Waals surface area contributed by atoms with E-state index in [4.69, 9.17) is 13.9 Å². The fourth-order valence-electron chi connectivity index (χ4n) is 2.52. The molecular weight excluding hydrogens is 346 g/mol. The Kier molecular flexibility index (Phi) is 5.56. The summed E-state index contributed by atoms with van der Waals surface area (Å²) in [5, 5.41) is 2.74. The molecule has 0 aliphatic carbocycles. The molecule has 0 aliphatic heterocycles. The summed E-state index contributed by atoms with van der Waals surface area (Å²) in [5.41, 5.74) is 2.44. The normalized spacial score (nSPS) is 10.3. The molecule has 0 radical (unpaired) electrons. The van der Waals surface area contributed by atoms with Gasteiger partial charge in [0.25, 0.3) is 5.91 Å². The molecule has 0 unspecified atom stereocenters. The minimum absolute atomic E-state index is 0.0881. The Morgan fingerprint density at radius 3 is 2.63 bits per heavy atom. The van der Waals surface area contributed by atoms with Crippen LogP contribution in [0.25, 0.3) is 0 Å². The molecule has 3 rings (SSSR count). The van der Waals surface area contributed by atoms with Gasteiger partial charge in [-0.25, -0.2) is 4.79 Å². The number of rotatable bonds is 6. The van der Waals surface area contributed by atoms with Gasteiger partial charge in [0.05, 0.1) is 18.9 Å². The van der Waals surface area contributed by atoms with Gasteiger partial charge in [0, 0.05) is 11.3 Å². The molecule has 1 heterocycles. The molecule has 1 amide bonds. The molecule has 0 saturated heterocycles. The van der Waals surface area contributed by atoms with E-state index in [1.165, 1.54) is 6.26 Å². The maximum atomic E-state index is 12.4. The first kappa shape index (κ1) is 18.3. The van der Waals surface area contributed by atoms with Crippen LogP contribution in [0.4, 0.5) is 5.69 Å². The van der Waals surface area contributed by atoms with Crippen molar-refractivity contribution in [2.75, 3.05) is 12.4 Å². The number of hydrogen-bond acceptors (Lipinski definition) is 5. The largest absolute Gasteiger partial charge is 0.496 e. The number of ether oxygens (including phenoxy) is 2. The summed E-state index contributed by atoms with van der Waals surface area (Å²) in [4.78, 5) is 24.6. The Morgan fingerprint density at radius 2 is 1.89 bits per heavy atom. The molecule has 6 heteroatoms. The van der Waals surface area contributed by atoms with Gasteiger partial charge in [0.1, 0.15) is 12.4 Å². The molecular formula is C21H19NO5. The standard InChI is InChI=1S/C21H19NO5/c1-14-9-10-15(12-17(14)22-20(23)19-8-5-11-26-19)21(24)27-13-16-6-3-4-7-18(16)25-2/h3-12H,13H2,1-2H3,(H,22,23). The summed E-state index contributed by atoms with van der Waals surface area (Å²) in [6.07, 6.45) is 1.42. The van der Waals surface area contributed by atoms with E-state index in [9.17, 15) is 9.59 Å². The number of carbonyl (C=O) groups excluding carboxylic acids is 2. The summed E-state index contributed by atoms with van der Waals surface area (Å²) in [6, 6.07) is 15.5. The van der Waals surface area contributed by atoms with Crippen molar-refractivity contribution in [3.8, 4) is 5.75 Å². The van der Waals surface area contributed by atoms with Crippen molar-refractivity contribution in [3.63, 3.8) is 0 Å². The summed E-state index contributed by atoms with van der Waals surface area (Å²) in [5.74, 6) is -0.0313. The van der Waals surface area contributed by atoms with Gasteiger partial charge >= 0.3 is 5.97 Å². The average Bonchev–Trinajstić information content (AvgIpc) is 3.23. The van der Waals surface area contributed by atoms with Crippen LogP contribution in [-0.2, 0) is 11.3 Å². The Balaban J connectivity index is 1.71. The van der Waals surface area contributed by atoms with Crippen LogP contribution in [0.15, 0.2) is 65.3 Å². The molecule has 27 heavy (non-hydrogen) atoms. The van der Waals surface area contributed by atoms with Crippen LogP contribution in [0.2, 0.25) is 0 Å². The second-order valence-corrected chi connectivity index (χ2v) is 5.85. The summed E-state index contributed by atoms with van der Waals surface area (Å²) in [7, 11) is 1.56. The fourth-order valence-corrected chi connectivity index (χ4v) is 2.52. The van der Waals surface area contributed by atoms with Crippen molar-refractivity contribution in [3.05, 3.63) is 83.3 Å². The molecule has 0 atom stereocenters. The van der Waals surface area contributed by atoms with Crippen molar-refractivity contribution in [1.82, 2.24) is 0 Å². The quantitative estimate of drug-likeness (QED) is 0.662.